The number of ether oxygens (including phenoxy) is 1. The Hall–Kier alpha value is -2.42. The normalized spacial score (nSPS) is 20.2. The van der Waals surface area contributed by atoms with E-state index < -0.39 is 23.8 Å². The molecule has 1 saturated heterocycles. The van der Waals surface area contributed by atoms with Crippen LogP contribution in [0.2, 0.25) is 0 Å². The molecule has 1 amide bonds. The zero-order valence-electron chi connectivity index (χ0n) is 13.8. The standard InChI is InChI=1S/C17H16F2N4O2S/c18-14-7-12(8-15(19)16(14)11-1-5-26-6-2-11)23-10-13(25-17(23)24)9-22-4-3-20-21-22/h1,3-4,7-8,13H,2,5-6,9-10H2/t13-/m0/s1. The Morgan fingerprint density at radius 2 is 2.12 bits per heavy atom. The second-order valence-corrected chi connectivity index (χ2v) is 7.23. The van der Waals surface area contributed by atoms with E-state index in [9.17, 15) is 13.6 Å². The lowest BCUT2D eigenvalue weighted by atomic mass is 10.0. The highest BCUT2D eigenvalue weighted by Gasteiger charge is 2.34. The Morgan fingerprint density at radius 3 is 2.77 bits per heavy atom. The van der Waals surface area contributed by atoms with E-state index in [1.807, 2.05) is 6.08 Å². The molecule has 0 spiro atoms. The first-order valence-electron chi connectivity index (χ1n) is 8.20. The minimum atomic E-state index is -0.661. The number of carbonyl (C=O) groups is 1. The van der Waals surface area contributed by atoms with Crippen LogP contribution < -0.4 is 4.90 Å². The van der Waals surface area contributed by atoms with Crippen molar-refractivity contribution < 1.29 is 18.3 Å². The lowest BCUT2D eigenvalue weighted by Crippen LogP contribution is -2.26. The van der Waals surface area contributed by atoms with Crippen LogP contribution in [-0.4, -0.2) is 45.2 Å². The van der Waals surface area contributed by atoms with Gasteiger partial charge in [-0.2, -0.15) is 11.8 Å². The van der Waals surface area contributed by atoms with E-state index in [2.05, 4.69) is 10.3 Å². The van der Waals surface area contributed by atoms with Crippen LogP contribution in [0.25, 0.3) is 5.57 Å². The smallest absolute Gasteiger partial charge is 0.414 e. The number of halogens is 2. The summed E-state index contributed by atoms with van der Waals surface area (Å²) in [6, 6.07) is 2.39. The number of rotatable bonds is 4. The van der Waals surface area contributed by atoms with Crippen molar-refractivity contribution in [3.8, 4) is 0 Å². The molecule has 136 valence electrons. The predicted octanol–water partition coefficient (Wildman–Crippen LogP) is 3.10. The molecule has 2 aliphatic rings. The molecule has 0 aliphatic carbocycles. The van der Waals surface area contributed by atoms with Gasteiger partial charge in [-0.05, 0) is 29.9 Å². The first-order valence-corrected chi connectivity index (χ1v) is 9.36. The number of benzene rings is 1. The maximum Gasteiger partial charge on any atom is 0.414 e. The number of amides is 1. The summed E-state index contributed by atoms with van der Waals surface area (Å²) in [7, 11) is 0. The third-order valence-electron chi connectivity index (χ3n) is 4.36. The van der Waals surface area contributed by atoms with Crippen molar-refractivity contribution in [3.05, 3.63) is 47.8 Å². The molecule has 0 N–H and O–H groups in total. The average Bonchev–Trinajstić information content (AvgIpc) is 3.25. The number of thioether (sulfide) groups is 1. The number of anilines is 1. The fraction of sp³-hybridized carbons (Fsp3) is 0.353. The Bertz CT molecular complexity index is 833. The summed E-state index contributed by atoms with van der Waals surface area (Å²) in [5.41, 5.74) is 0.833. The number of allylic oxidation sites excluding steroid dienone is 1. The number of cyclic esters (lactones) is 1. The molecule has 2 aliphatic heterocycles. The lowest BCUT2D eigenvalue weighted by molar-refractivity contribution is 0.129. The SMILES string of the molecule is O=C1O[C@@H](Cn2ccnn2)CN1c1cc(F)c(C2=CCSCC2)c(F)c1. The van der Waals surface area contributed by atoms with Crippen LogP contribution in [-0.2, 0) is 11.3 Å². The van der Waals surface area contributed by atoms with Crippen LogP contribution in [0.5, 0.6) is 0 Å². The molecule has 26 heavy (non-hydrogen) atoms. The van der Waals surface area contributed by atoms with Gasteiger partial charge >= 0.3 is 6.09 Å². The van der Waals surface area contributed by atoms with Crippen LogP contribution in [0.15, 0.2) is 30.6 Å². The molecular weight excluding hydrogens is 362 g/mol. The van der Waals surface area contributed by atoms with Crippen molar-refractivity contribution >= 4 is 29.1 Å². The van der Waals surface area contributed by atoms with Crippen molar-refractivity contribution in [2.75, 3.05) is 23.0 Å². The highest BCUT2D eigenvalue weighted by molar-refractivity contribution is 7.99. The third-order valence-corrected chi connectivity index (χ3v) is 5.25. The lowest BCUT2D eigenvalue weighted by Gasteiger charge is -2.18. The molecular formula is C17H16F2N4O2S. The maximum atomic E-state index is 14.6. The van der Waals surface area contributed by atoms with Crippen LogP contribution in [0.4, 0.5) is 19.3 Å². The molecule has 9 heteroatoms. The van der Waals surface area contributed by atoms with Crippen LogP contribution in [0.1, 0.15) is 12.0 Å². The summed E-state index contributed by atoms with van der Waals surface area (Å²) in [6.45, 7) is 0.520. The van der Waals surface area contributed by atoms with Crippen LogP contribution in [0.3, 0.4) is 0 Å². The van der Waals surface area contributed by atoms with Crippen molar-refractivity contribution in [1.29, 1.82) is 0 Å². The highest BCUT2D eigenvalue weighted by Crippen LogP contribution is 2.33. The number of carbonyl (C=O) groups excluding carboxylic acids is 1. The zero-order chi connectivity index (χ0) is 18.1. The second kappa shape index (κ2) is 7.06. The fourth-order valence-corrected chi connectivity index (χ4v) is 3.99. The number of aromatic nitrogens is 3. The third kappa shape index (κ3) is 3.31. The topological polar surface area (TPSA) is 60.3 Å². The predicted molar refractivity (Wildman–Crippen MR) is 93.9 cm³/mol. The Labute approximate surface area is 152 Å². The summed E-state index contributed by atoms with van der Waals surface area (Å²) in [5, 5.41) is 7.51. The molecule has 1 aromatic heterocycles. The molecule has 1 atom stereocenters. The van der Waals surface area contributed by atoms with Gasteiger partial charge in [0.2, 0.25) is 0 Å². The first-order chi connectivity index (χ1) is 12.6. The monoisotopic (exact) mass is 378 g/mol. The van der Waals surface area contributed by atoms with Gasteiger partial charge in [-0.1, -0.05) is 11.3 Å². The number of hydrogen-bond donors (Lipinski definition) is 0. The molecule has 0 bridgehead atoms. The van der Waals surface area contributed by atoms with E-state index in [4.69, 9.17) is 4.74 Å². The average molecular weight is 378 g/mol. The first kappa shape index (κ1) is 17.0. The van der Waals surface area contributed by atoms with Crippen LogP contribution in [0, 0.1) is 11.6 Å². The summed E-state index contributed by atoms with van der Waals surface area (Å²) < 4.78 is 36.0. The van der Waals surface area contributed by atoms with E-state index in [1.165, 1.54) is 23.2 Å². The van der Waals surface area contributed by atoms with Gasteiger partial charge in [-0.15, -0.1) is 5.10 Å². The Morgan fingerprint density at radius 1 is 1.31 bits per heavy atom. The van der Waals surface area contributed by atoms with Crippen molar-refractivity contribution in [3.63, 3.8) is 0 Å². The molecule has 3 heterocycles. The van der Waals surface area contributed by atoms with E-state index >= 15 is 0 Å². The second-order valence-electron chi connectivity index (χ2n) is 6.08. The van der Waals surface area contributed by atoms with Crippen molar-refractivity contribution in [2.24, 2.45) is 0 Å². The molecule has 1 fully saturated rings. The fourth-order valence-electron chi connectivity index (χ4n) is 3.14. The summed E-state index contributed by atoms with van der Waals surface area (Å²) in [4.78, 5) is 13.4. The van der Waals surface area contributed by atoms with Gasteiger partial charge in [0.15, 0.2) is 0 Å². The van der Waals surface area contributed by atoms with E-state index in [0.29, 0.717) is 18.5 Å². The molecule has 0 unspecified atom stereocenters. The van der Waals surface area contributed by atoms with E-state index in [0.717, 1.165) is 11.5 Å². The molecule has 4 rings (SSSR count). The van der Waals surface area contributed by atoms with E-state index in [1.54, 1.807) is 22.6 Å². The van der Waals surface area contributed by atoms with Crippen molar-refractivity contribution in [1.82, 2.24) is 15.0 Å². The van der Waals surface area contributed by atoms with Gasteiger partial charge in [0.25, 0.3) is 0 Å². The minimum absolute atomic E-state index is 0.000722. The van der Waals surface area contributed by atoms with Gasteiger partial charge < -0.3 is 4.74 Å². The molecule has 0 saturated carbocycles. The quantitative estimate of drug-likeness (QED) is 0.818. The maximum absolute atomic E-state index is 14.6. The van der Waals surface area contributed by atoms with E-state index in [-0.39, 0.29) is 17.8 Å². The zero-order valence-corrected chi connectivity index (χ0v) is 14.6. The largest absolute Gasteiger partial charge is 0.442 e. The van der Waals surface area contributed by atoms with Crippen molar-refractivity contribution in [2.45, 2.75) is 19.1 Å². The van der Waals surface area contributed by atoms with Gasteiger partial charge in [0.1, 0.15) is 17.7 Å². The Balaban J connectivity index is 1.56. The van der Waals surface area contributed by atoms with Gasteiger partial charge in [-0.25, -0.2) is 18.3 Å². The summed E-state index contributed by atoms with van der Waals surface area (Å²) >= 11 is 1.73. The van der Waals surface area contributed by atoms with Gasteiger partial charge in [0.05, 0.1) is 25.0 Å². The van der Waals surface area contributed by atoms with Gasteiger partial charge in [0, 0.05) is 17.5 Å². The Kier molecular flexibility index (Phi) is 4.62. The number of nitrogens with zero attached hydrogens (tertiary/aromatic N) is 4. The molecule has 6 nitrogen and oxygen atoms in total. The number of hydrogen-bond acceptors (Lipinski definition) is 5. The van der Waals surface area contributed by atoms with Gasteiger partial charge in [-0.3, -0.25) is 4.90 Å². The molecule has 1 aromatic carbocycles. The summed E-state index contributed by atoms with van der Waals surface area (Å²) in [6.07, 6.45) is 4.57. The summed E-state index contributed by atoms with van der Waals surface area (Å²) in [5.74, 6) is 0.268. The molecule has 0 radical (unpaired) electrons. The minimum Gasteiger partial charge on any atom is -0.442 e. The van der Waals surface area contributed by atoms with Crippen LogP contribution >= 0.6 is 11.8 Å². The highest BCUT2D eigenvalue weighted by atomic mass is 32.2. The molecule has 2 aromatic rings.